The van der Waals surface area contributed by atoms with Gasteiger partial charge in [-0.15, -0.1) is 0 Å². The molecular formula is C11H14O5. The van der Waals surface area contributed by atoms with Crippen molar-refractivity contribution in [1.82, 2.24) is 0 Å². The summed E-state index contributed by atoms with van der Waals surface area (Å²) in [6.07, 6.45) is 0. The van der Waals surface area contributed by atoms with Crippen molar-refractivity contribution in [1.29, 1.82) is 0 Å². The number of rotatable bonds is 5. The first kappa shape index (κ1) is 12.2. The summed E-state index contributed by atoms with van der Waals surface area (Å²) in [6, 6.07) is 2.80. The second kappa shape index (κ2) is 5.25. The van der Waals surface area contributed by atoms with Crippen LogP contribution in [0, 0.1) is 0 Å². The number of hydrogen-bond acceptors (Lipinski definition) is 4. The number of benzene rings is 1. The molecule has 0 saturated heterocycles. The molecule has 0 spiro atoms. The molecule has 0 atom stereocenters. The lowest BCUT2D eigenvalue weighted by Crippen LogP contribution is -2.02. The highest BCUT2D eigenvalue weighted by Gasteiger charge is 2.16. The van der Waals surface area contributed by atoms with Crippen molar-refractivity contribution < 1.29 is 24.1 Å². The molecule has 0 saturated carbocycles. The molecule has 1 N–H and O–H groups in total. The van der Waals surface area contributed by atoms with Crippen molar-refractivity contribution >= 4 is 5.97 Å². The van der Waals surface area contributed by atoms with E-state index < -0.39 is 5.97 Å². The lowest BCUT2D eigenvalue weighted by atomic mass is 10.2. The molecule has 0 bridgehead atoms. The summed E-state index contributed by atoms with van der Waals surface area (Å²) in [4.78, 5) is 10.9. The second-order valence-electron chi connectivity index (χ2n) is 2.95. The van der Waals surface area contributed by atoms with Gasteiger partial charge in [0.25, 0.3) is 0 Å². The first-order valence-corrected chi connectivity index (χ1v) is 4.76. The van der Waals surface area contributed by atoms with Gasteiger partial charge in [-0.2, -0.15) is 0 Å². The molecule has 88 valence electrons. The Morgan fingerprint density at radius 3 is 2.31 bits per heavy atom. The van der Waals surface area contributed by atoms with Gasteiger partial charge in [-0.05, 0) is 19.1 Å². The van der Waals surface area contributed by atoms with Gasteiger partial charge in [0.1, 0.15) is 0 Å². The number of hydrogen-bond donors (Lipinski definition) is 1. The Morgan fingerprint density at radius 1 is 1.25 bits per heavy atom. The maximum Gasteiger partial charge on any atom is 0.335 e. The maximum absolute atomic E-state index is 10.9. The number of ether oxygens (including phenoxy) is 3. The normalized spacial score (nSPS) is 9.69. The van der Waals surface area contributed by atoms with Crippen molar-refractivity contribution in [3.8, 4) is 17.2 Å². The number of carboxylic acid groups (broad SMARTS) is 1. The van der Waals surface area contributed by atoms with E-state index >= 15 is 0 Å². The van der Waals surface area contributed by atoms with Crippen molar-refractivity contribution in [2.75, 3.05) is 20.8 Å². The summed E-state index contributed by atoms with van der Waals surface area (Å²) in [5, 5.41) is 8.91. The van der Waals surface area contributed by atoms with Crippen LogP contribution >= 0.6 is 0 Å². The van der Waals surface area contributed by atoms with Crippen LogP contribution in [0.15, 0.2) is 12.1 Å². The maximum atomic E-state index is 10.9. The smallest absolute Gasteiger partial charge is 0.335 e. The Balaban J connectivity index is 3.31. The molecule has 0 unspecified atom stereocenters. The SMILES string of the molecule is CCOc1cc(C(=O)O)cc(OC)c1OC. The van der Waals surface area contributed by atoms with Gasteiger partial charge in [-0.1, -0.05) is 0 Å². The average molecular weight is 226 g/mol. The van der Waals surface area contributed by atoms with Gasteiger partial charge < -0.3 is 19.3 Å². The summed E-state index contributed by atoms with van der Waals surface area (Å²) in [5.41, 5.74) is 0.0982. The van der Waals surface area contributed by atoms with Gasteiger partial charge in [0.2, 0.25) is 5.75 Å². The van der Waals surface area contributed by atoms with Gasteiger partial charge >= 0.3 is 5.97 Å². The summed E-state index contributed by atoms with van der Waals surface area (Å²) in [7, 11) is 2.92. The first-order valence-electron chi connectivity index (χ1n) is 4.76. The van der Waals surface area contributed by atoms with Gasteiger partial charge in [0.15, 0.2) is 11.5 Å². The molecule has 0 radical (unpaired) electrons. The largest absolute Gasteiger partial charge is 0.493 e. The van der Waals surface area contributed by atoms with Crippen LogP contribution in [0.4, 0.5) is 0 Å². The summed E-state index contributed by atoms with van der Waals surface area (Å²) < 4.78 is 15.5. The van der Waals surface area contributed by atoms with Crippen LogP contribution in [0.5, 0.6) is 17.2 Å². The minimum absolute atomic E-state index is 0.0982. The van der Waals surface area contributed by atoms with E-state index in [2.05, 4.69) is 0 Å². The number of methoxy groups -OCH3 is 2. The zero-order valence-corrected chi connectivity index (χ0v) is 9.44. The zero-order valence-electron chi connectivity index (χ0n) is 9.44. The van der Waals surface area contributed by atoms with Crippen LogP contribution in [0.2, 0.25) is 0 Å². The van der Waals surface area contributed by atoms with Crippen LogP contribution in [-0.2, 0) is 0 Å². The van der Waals surface area contributed by atoms with E-state index in [9.17, 15) is 4.79 Å². The highest BCUT2D eigenvalue weighted by atomic mass is 16.5. The van der Waals surface area contributed by atoms with E-state index in [1.807, 2.05) is 0 Å². The van der Waals surface area contributed by atoms with E-state index in [0.29, 0.717) is 23.9 Å². The predicted octanol–water partition coefficient (Wildman–Crippen LogP) is 1.80. The summed E-state index contributed by atoms with van der Waals surface area (Å²) >= 11 is 0. The molecule has 0 heterocycles. The molecule has 1 rings (SSSR count). The molecule has 5 nitrogen and oxygen atoms in total. The summed E-state index contributed by atoms with van der Waals surface area (Å²) in [6.45, 7) is 2.22. The molecule has 0 aliphatic heterocycles. The zero-order chi connectivity index (χ0) is 12.1. The molecular weight excluding hydrogens is 212 g/mol. The summed E-state index contributed by atoms with van der Waals surface area (Å²) in [5.74, 6) is 0.0591. The minimum atomic E-state index is -1.04. The molecule has 0 amide bonds. The Hall–Kier alpha value is -1.91. The molecule has 0 aliphatic carbocycles. The molecule has 0 aliphatic rings. The average Bonchev–Trinajstić information content (AvgIpc) is 2.28. The van der Waals surface area contributed by atoms with Crippen molar-refractivity contribution in [2.45, 2.75) is 6.92 Å². The minimum Gasteiger partial charge on any atom is -0.493 e. The van der Waals surface area contributed by atoms with Gasteiger partial charge in [0.05, 0.1) is 26.4 Å². The third-order valence-electron chi connectivity index (χ3n) is 1.99. The topological polar surface area (TPSA) is 65.0 Å². The third-order valence-corrected chi connectivity index (χ3v) is 1.99. The molecule has 1 aromatic rings. The Kier molecular flexibility index (Phi) is 3.99. The molecule has 0 fully saturated rings. The molecule has 16 heavy (non-hydrogen) atoms. The molecule has 0 aromatic heterocycles. The predicted molar refractivity (Wildman–Crippen MR) is 57.7 cm³/mol. The number of aromatic carboxylic acids is 1. The highest BCUT2D eigenvalue weighted by Crippen LogP contribution is 2.38. The second-order valence-corrected chi connectivity index (χ2v) is 2.95. The first-order chi connectivity index (χ1) is 7.63. The fraction of sp³-hybridized carbons (Fsp3) is 0.364. The fourth-order valence-electron chi connectivity index (χ4n) is 1.32. The van der Waals surface area contributed by atoms with Crippen LogP contribution in [0.25, 0.3) is 0 Å². The highest BCUT2D eigenvalue weighted by molar-refractivity contribution is 5.89. The van der Waals surface area contributed by atoms with E-state index in [1.165, 1.54) is 26.4 Å². The number of carbonyl (C=O) groups is 1. The van der Waals surface area contributed by atoms with Crippen LogP contribution in [0.3, 0.4) is 0 Å². The van der Waals surface area contributed by atoms with Gasteiger partial charge in [-0.25, -0.2) is 4.79 Å². The van der Waals surface area contributed by atoms with Crippen LogP contribution in [-0.4, -0.2) is 31.9 Å². The number of carboxylic acids is 1. The van der Waals surface area contributed by atoms with Crippen molar-refractivity contribution in [3.63, 3.8) is 0 Å². The molecule has 1 aromatic carbocycles. The lowest BCUT2D eigenvalue weighted by Gasteiger charge is -2.13. The Morgan fingerprint density at radius 2 is 1.88 bits per heavy atom. The third kappa shape index (κ3) is 2.36. The van der Waals surface area contributed by atoms with Crippen LogP contribution < -0.4 is 14.2 Å². The Bertz CT molecular complexity index is 386. The van der Waals surface area contributed by atoms with E-state index in [0.717, 1.165) is 0 Å². The molecule has 5 heteroatoms. The van der Waals surface area contributed by atoms with E-state index in [4.69, 9.17) is 19.3 Å². The van der Waals surface area contributed by atoms with Gasteiger partial charge in [0, 0.05) is 0 Å². The van der Waals surface area contributed by atoms with E-state index in [1.54, 1.807) is 6.92 Å². The van der Waals surface area contributed by atoms with Crippen molar-refractivity contribution in [2.24, 2.45) is 0 Å². The van der Waals surface area contributed by atoms with E-state index in [-0.39, 0.29) is 5.56 Å². The van der Waals surface area contributed by atoms with Crippen molar-refractivity contribution in [3.05, 3.63) is 17.7 Å². The Labute approximate surface area is 93.6 Å². The monoisotopic (exact) mass is 226 g/mol. The fourth-order valence-corrected chi connectivity index (χ4v) is 1.32. The lowest BCUT2D eigenvalue weighted by molar-refractivity contribution is 0.0696. The standard InChI is InChI=1S/C11H14O5/c1-4-16-9-6-7(11(12)13)5-8(14-2)10(9)15-3/h5-6H,4H2,1-3H3,(H,12,13). The van der Waals surface area contributed by atoms with Gasteiger partial charge in [-0.3, -0.25) is 0 Å². The van der Waals surface area contributed by atoms with Crippen LogP contribution in [0.1, 0.15) is 17.3 Å². The quantitative estimate of drug-likeness (QED) is 0.829.